The Labute approximate surface area is 411 Å². The SMILES string of the molecule is CCCCCCCCCCCCCCCN(CC)CCCN(CCCCCCCCCCCCCCC)CCCCCC(=O)OC(C)(C)Cn1c(COCC)nc2c(N)nc3ccccc3c21. The van der Waals surface area contributed by atoms with Crippen LogP contribution in [0.25, 0.3) is 21.9 Å². The van der Waals surface area contributed by atoms with E-state index >= 15 is 0 Å². The zero-order chi connectivity index (χ0) is 48.2. The van der Waals surface area contributed by atoms with Crippen LogP contribution < -0.4 is 5.73 Å². The van der Waals surface area contributed by atoms with Crippen LogP contribution in [0, 0.1) is 0 Å². The number of unbranched alkanes of at least 4 members (excludes halogenated alkanes) is 26. The number of para-hydroxylation sites is 1. The van der Waals surface area contributed by atoms with Gasteiger partial charge in [0.1, 0.15) is 23.5 Å². The number of carbonyl (C=O) groups is 1. The number of pyridine rings is 1. The van der Waals surface area contributed by atoms with Crippen molar-refractivity contribution in [1.82, 2.24) is 24.3 Å². The molecule has 0 radical (unpaired) electrons. The fourth-order valence-electron chi connectivity index (χ4n) is 9.92. The summed E-state index contributed by atoms with van der Waals surface area (Å²) in [5, 5.41) is 0.972. The van der Waals surface area contributed by atoms with Crippen molar-refractivity contribution in [3.8, 4) is 0 Å². The van der Waals surface area contributed by atoms with Crippen LogP contribution >= 0.6 is 0 Å². The molecule has 67 heavy (non-hydrogen) atoms. The second-order valence-corrected chi connectivity index (χ2v) is 20.6. The Kier molecular flexibility index (Phi) is 32.5. The first-order chi connectivity index (χ1) is 32.7. The van der Waals surface area contributed by atoms with E-state index in [1.54, 1.807) is 0 Å². The van der Waals surface area contributed by atoms with Gasteiger partial charge in [0.15, 0.2) is 5.82 Å². The Morgan fingerprint density at radius 3 is 1.54 bits per heavy atom. The first-order valence-electron chi connectivity index (χ1n) is 28.5. The molecule has 0 aliphatic heterocycles. The molecule has 0 amide bonds. The molecule has 0 unspecified atom stereocenters. The van der Waals surface area contributed by atoms with Gasteiger partial charge < -0.3 is 29.6 Å². The number of nitrogens with two attached hydrogens (primary N) is 1. The van der Waals surface area contributed by atoms with Gasteiger partial charge in [0.05, 0.1) is 17.6 Å². The van der Waals surface area contributed by atoms with Crippen molar-refractivity contribution in [3.63, 3.8) is 0 Å². The van der Waals surface area contributed by atoms with Gasteiger partial charge in [-0.1, -0.05) is 199 Å². The molecular formula is C58H104N6O3. The molecular weight excluding hydrogens is 829 g/mol. The van der Waals surface area contributed by atoms with Crippen molar-refractivity contribution in [2.24, 2.45) is 0 Å². The molecule has 2 N–H and O–H groups in total. The summed E-state index contributed by atoms with van der Waals surface area (Å²) in [4.78, 5) is 28.3. The maximum atomic E-state index is 13.3. The van der Waals surface area contributed by atoms with E-state index in [0.717, 1.165) is 54.6 Å². The maximum Gasteiger partial charge on any atom is 0.306 e. The highest BCUT2D eigenvalue weighted by Gasteiger charge is 2.28. The van der Waals surface area contributed by atoms with Crippen molar-refractivity contribution in [2.75, 3.05) is 51.6 Å². The van der Waals surface area contributed by atoms with Crippen LogP contribution in [0.4, 0.5) is 5.82 Å². The second kappa shape index (κ2) is 37.1. The van der Waals surface area contributed by atoms with E-state index in [0.29, 0.717) is 37.5 Å². The second-order valence-electron chi connectivity index (χ2n) is 20.6. The average molecular weight is 934 g/mol. The molecule has 0 bridgehead atoms. The lowest BCUT2D eigenvalue weighted by Crippen LogP contribution is -2.34. The lowest BCUT2D eigenvalue weighted by Gasteiger charge is -2.27. The summed E-state index contributed by atoms with van der Waals surface area (Å²) in [6, 6.07) is 7.99. The highest BCUT2D eigenvalue weighted by molar-refractivity contribution is 6.06. The minimum Gasteiger partial charge on any atom is -0.458 e. The number of fused-ring (bicyclic) bond motifs is 3. The molecule has 1 aromatic carbocycles. The van der Waals surface area contributed by atoms with E-state index in [2.05, 4.69) is 40.1 Å². The van der Waals surface area contributed by atoms with Gasteiger partial charge in [0.25, 0.3) is 0 Å². The van der Waals surface area contributed by atoms with Crippen molar-refractivity contribution < 1.29 is 14.3 Å². The lowest BCUT2D eigenvalue weighted by atomic mass is 10.0. The average Bonchev–Trinajstić information content (AvgIpc) is 3.67. The number of rotatable bonds is 45. The third-order valence-electron chi connectivity index (χ3n) is 14.0. The fourth-order valence-corrected chi connectivity index (χ4v) is 9.92. The number of benzene rings is 1. The van der Waals surface area contributed by atoms with Crippen LogP contribution in [0.3, 0.4) is 0 Å². The van der Waals surface area contributed by atoms with Gasteiger partial charge in [-0.2, -0.15) is 0 Å². The number of hydrogen-bond donors (Lipinski definition) is 1. The van der Waals surface area contributed by atoms with Crippen molar-refractivity contribution >= 4 is 33.7 Å². The number of nitrogens with zero attached hydrogens (tertiary/aromatic N) is 5. The molecule has 0 spiro atoms. The molecule has 3 aromatic rings. The summed E-state index contributed by atoms with van der Waals surface area (Å²) in [6.45, 7) is 21.3. The van der Waals surface area contributed by atoms with E-state index in [1.165, 1.54) is 200 Å². The highest BCUT2D eigenvalue weighted by Crippen LogP contribution is 2.31. The van der Waals surface area contributed by atoms with Crippen LogP contribution in [-0.4, -0.2) is 81.8 Å². The van der Waals surface area contributed by atoms with Crippen molar-refractivity contribution in [3.05, 3.63) is 30.1 Å². The van der Waals surface area contributed by atoms with E-state index in [4.69, 9.17) is 20.2 Å². The molecule has 0 aliphatic carbocycles. The van der Waals surface area contributed by atoms with Gasteiger partial charge in [-0.3, -0.25) is 4.79 Å². The molecule has 0 aliphatic rings. The van der Waals surface area contributed by atoms with Gasteiger partial charge >= 0.3 is 5.97 Å². The number of esters is 1. The number of ether oxygens (including phenoxy) is 2. The predicted molar refractivity (Wildman–Crippen MR) is 288 cm³/mol. The zero-order valence-electron chi connectivity index (χ0n) is 44.6. The lowest BCUT2D eigenvalue weighted by molar-refractivity contribution is -0.157. The Morgan fingerprint density at radius 2 is 1.03 bits per heavy atom. The highest BCUT2D eigenvalue weighted by atomic mass is 16.6. The number of imidazole rings is 1. The van der Waals surface area contributed by atoms with Gasteiger partial charge in [-0.15, -0.1) is 0 Å². The van der Waals surface area contributed by atoms with E-state index in [1.807, 2.05) is 45.0 Å². The number of aromatic nitrogens is 3. The molecule has 0 saturated carbocycles. The molecule has 9 nitrogen and oxygen atoms in total. The summed E-state index contributed by atoms with van der Waals surface area (Å²) in [5.41, 5.74) is 8.05. The monoisotopic (exact) mass is 933 g/mol. The number of nitrogen functional groups attached to an aromatic ring is 1. The Hall–Kier alpha value is -2.75. The largest absolute Gasteiger partial charge is 0.458 e. The summed E-state index contributed by atoms with van der Waals surface area (Å²) in [5.74, 6) is 1.01. The van der Waals surface area contributed by atoms with Crippen LogP contribution in [0.1, 0.15) is 246 Å². The minimum absolute atomic E-state index is 0.140. The molecule has 0 fully saturated rings. The number of hydrogen-bond acceptors (Lipinski definition) is 8. The third kappa shape index (κ3) is 25.6. The Balaban J connectivity index is 1.41. The first-order valence-corrected chi connectivity index (χ1v) is 28.5. The molecule has 0 saturated heterocycles. The van der Waals surface area contributed by atoms with Gasteiger partial charge in [0, 0.05) is 18.4 Å². The Bertz CT molecular complexity index is 1670. The number of carbonyl (C=O) groups excluding carboxylic acids is 1. The third-order valence-corrected chi connectivity index (χ3v) is 14.0. The van der Waals surface area contributed by atoms with Gasteiger partial charge in [0.2, 0.25) is 0 Å². The van der Waals surface area contributed by atoms with E-state index in [-0.39, 0.29) is 5.97 Å². The molecule has 9 heteroatoms. The number of anilines is 1. The predicted octanol–water partition coefficient (Wildman–Crippen LogP) is 15.8. The first kappa shape index (κ1) is 58.6. The standard InChI is InChI=1S/C58H104N6O3/c1-7-11-13-15-17-19-21-23-25-27-29-31-37-44-62(9-3)47-40-48-63(45-38-32-30-28-26-24-22-20-18-16-14-12-8-2)46-39-33-34-43-54(65)67-58(5,6)50-64-53(49-66-10-4)61-55-56(64)51-41-35-36-42-52(51)60-57(55)59/h35-36,41-42H,7-34,37-40,43-50H2,1-6H3,(H2,59,60). The molecule has 0 atom stereocenters. The summed E-state index contributed by atoms with van der Waals surface area (Å²) in [7, 11) is 0. The van der Waals surface area contributed by atoms with E-state index < -0.39 is 5.60 Å². The molecule has 3 rings (SSSR count). The smallest absolute Gasteiger partial charge is 0.306 e. The Morgan fingerprint density at radius 1 is 0.582 bits per heavy atom. The van der Waals surface area contributed by atoms with Crippen molar-refractivity contribution in [1.29, 1.82) is 0 Å². The zero-order valence-corrected chi connectivity index (χ0v) is 44.6. The van der Waals surface area contributed by atoms with Crippen LogP contribution in [0.2, 0.25) is 0 Å². The maximum absolute atomic E-state index is 13.3. The normalized spacial score (nSPS) is 12.2. The topological polar surface area (TPSA) is 98.7 Å². The molecule has 384 valence electrons. The molecule has 2 aromatic heterocycles. The summed E-state index contributed by atoms with van der Waals surface area (Å²) < 4.78 is 14.1. The minimum atomic E-state index is -0.755. The van der Waals surface area contributed by atoms with Gasteiger partial charge in [-0.25, -0.2) is 9.97 Å². The van der Waals surface area contributed by atoms with Crippen LogP contribution in [-0.2, 0) is 27.4 Å². The van der Waals surface area contributed by atoms with E-state index in [9.17, 15) is 4.79 Å². The van der Waals surface area contributed by atoms with Crippen LogP contribution in [0.5, 0.6) is 0 Å². The molecule has 2 heterocycles. The van der Waals surface area contributed by atoms with Gasteiger partial charge in [-0.05, 0) is 98.2 Å². The van der Waals surface area contributed by atoms with Crippen LogP contribution in [0.15, 0.2) is 24.3 Å². The fraction of sp³-hybridized carbons (Fsp3) is 0.810. The quantitative estimate of drug-likeness (QED) is 0.0442. The summed E-state index contributed by atoms with van der Waals surface area (Å²) in [6.07, 6.45) is 41.2. The summed E-state index contributed by atoms with van der Waals surface area (Å²) >= 11 is 0. The van der Waals surface area contributed by atoms with Crippen molar-refractivity contribution in [2.45, 2.75) is 259 Å².